The highest BCUT2D eigenvalue weighted by molar-refractivity contribution is 6.10. The molecule has 20 aromatic rings. The van der Waals surface area contributed by atoms with Crippen LogP contribution in [0.4, 0.5) is 88.6 Å². The molecule has 0 unspecified atom stereocenters. The lowest BCUT2D eigenvalue weighted by Crippen LogP contribution is -2.21. The molecule has 1 saturated carbocycles. The summed E-state index contributed by atoms with van der Waals surface area (Å²) in [6.07, 6.45) is 3.38. The van der Waals surface area contributed by atoms with Crippen molar-refractivity contribution in [2.75, 3.05) is 21.3 Å². The van der Waals surface area contributed by atoms with E-state index in [-0.39, 0.29) is 39.8 Å². The van der Waals surface area contributed by atoms with Gasteiger partial charge in [0.1, 0.15) is 29.5 Å². The first-order valence-electron chi connectivity index (χ1n) is 44.6. The highest BCUT2D eigenvalue weighted by Gasteiger charge is 2.39. The van der Waals surface area contributed by atoms with Crippen LogP contribution in [0.2, 0.25) is 0 Å². The van der Waals surface area contributed by atoms with Crippen LogP contribution in [0.3, 0.4) is 0 Å². The van der Waals surface area contributed by atoms with E-state index in [0.717, 1.165) is 105 Å². The molecule has 0 aliphatic heterocycles. The normalized spacial score (nSPS) is 12.0. The molecule has 0 spiro atoms. The van der Waals surface area contributed by atoms with Crippen LogP contribution in [0.1, 0.15) is 99.1 Å². The molecule has 9 heterocycles. The first-order valence-corrected chi connectivity index (χ1v) is 44.6. The van der Waals surface area contributed by atoms with E-state index in [9.17, 15) is 85.0 Å². The van der Waals surface area contributed by atoms with E-state index in [1.54, 1.807) is 155 Å². The number of nitrogens with zero attached hydrogens (tertiary/aromatic N) is 9. The van der Waals surface area contributed by atoms with E-state index in [1.165, 1.54) is 100 Å². The van der Waals surface area contributed by atoms with Gasteiger partial charge in [0, 0.05) is 75.4 Å². The van der Waals surface area contributed by atoms with E-state index >= 15 is 0 Å². The second kappa shape index (κ2) is 40.3. The van der Waals surface area contributed by atoms with E-state index in [2.05, 4.69) is 50.9 Å². The number of pyridine rings is 4. The quantitative estimate of drug-likeness (QED) is 0.0592. The molecule has 1 fully saturated rings. The van der Waals surface area contributed by atoms with Crippen molar-refractivity contribution in [2.24, 2.45) is 0 Å². The molecule has 0 radical (unpaired) electrons. The summed E-state index contributed by atoms with van der Waals surface area (Å²) in [5, 5.41) is 10.7. The van der Waals surface area contributed by atoms with Crippen LogP contribution in [0.15, 0.2) is 339 Å². The third-order valence-electron chi connectivity index (χ3n) is 23.9. The fraction of sp³-hybridized carbons (Fsp3) is 0.0901. The molecule has 19 nitrogen and oxygen atoms in total. The third kappa shape index (κ3) is 21.1. The maximum absolute atomic E-state index is 14.5. The van der Waals surface area contributed by atoms with Crippen LogP contribution in [-0.2, 0) is 12.4 Å². The third-order valence-corrected chi connectivity index (χ3v) is 23.9. The summed E-state index contributed by atoms with van der Waals surface area (Å²) in [7, 11) is 0. The van der Waals surface area contributed by atoms with Crippen molar-refractivity contribution < 1.29 is 94.2 Å². The summed E-state index contributed by atoms with van der Waals surface area (Å²) in [5.74, 6) is -7.70. The average molecular weight is 1970 g/mol. The minimum Gasteiger partial charge on any atom is -0.442 e. The zero-order valence-corrected chi connectivity index (χ0v) is 76.4. The summed E-state index contributed by atoms with van der Waals surface area (Å²) in [6.45, 7) is 7.59. The lowest BCUT2D eigenvalue weighted by Gasteiger charge is -2.15. The van der Waals surface area contributed by atoms with Gasteiger partial charge in [0.15, 0.2) is 34.9 Å². The number of benzene rings is 11. The second-order valence-corrected chi connectivity index (χ2v) is 33.8. The maximum Gasteiger partial charge on any atom is 0.573 e. The number of carbonyl (C=O) groups excluding carboxylic acids is 4. The molecule has 9 aromatic heterocycles. The number of ether oxygens (including phenoxy) is 1. The summed E-state index contributed by atoms with van der Waals surface area (Å²) in [6, 6.07) is 69.8. The summed E-state index contributed by atoms with van der Waals surface area (Å²) in [4.78, 5) is 73.6. The molecule has 0 atom stereocenters. The minimum absolute atomic E-state index is 0.0609. The Morgan fingerprint density at radius 3 is 0.952 bits per heavy atom. The van der Waals surface area contributed by atoms with Crippen molar-refractivity contribution in [1.29, 1.82) is 0 Å². The topological polar surface area (TPSA) is 221 Å². The number of fused-ring (bicyclic) bond motifs is 4. The van der Waals surface area contributed by atoms with Gasteiger partial charge in [-0.1, -0.05) is 144 Å². The monoisotopic (exact) mass is 1970 g/mol. The summed E-state index contributed by atoms with van der Waals surface area (Å²) < 4.78 is 223. The zero-order valence-electron chi connectivity index (χ0n) is 76.4. The van der Waals surface area contributed by atoms with Crippen LogP contribution in [-0.4, -0.2) is 72.5 Å². The number of hydrogen-bond donors (Lipinski definition) is 4. The van der Waals surface area contributed by atoms with E-state index in [4.69, 9.17) is 4.42 Å². The Morgan fingerprint density at radius 2 is 0.628 bits per heavy atom. The molecule has 4 N–H and O–H groups in total. The van der Waals surface area contributed by atoms with Crippen molar-refractivity contribution in [1.82, 2.24) is 42.5 Å². The van der Waals surface area contributed by atoms with E-state index in [1.807, 2.05) is 82.3 Å². The van der Waals surface area contributed by atoms with Gasteiger partial charge in [0.25, 0.3) is 29.5 Å². The Hall–Kier alpha value is -18.0. The number of rotatable bonds is 18. The maximum atomic E-state index is 14.5. The Labute approximate surface area is 814 Å². The van der Waals surface area contributed by atoms with Crippen molar-refractivity contribution in [3.8, 4) is 96.1 Å². The Bertz CT molecular complexity index is 8340. The molecule has 0 bridgehead atoms. The van der Waals surface area contributed by atoms with Gasteiger partial charge >= 0.3 is 18.7 Å². The molecule has 34 heteroatoms. The molecule has 11 aromatic carbocycles. The molecule has 726 valence electrons. The molecular weight excluding hydrogens is 1900 g/mol. The number of aryl methyl sites for hydroxylation is 4. The zero-order chi connectivity index (χ0) is 102. The predicted molar refractivity (Wildman–Crippen MR) is 519 cm³/mol. The molecule has 4 amide bonds. The number of oxazole rings is 1. The predicted octanol–water partition coefficient (Wildman–Crippen LogP) is 28.6. The minimum atomic E-state index is -5.02. The highest BCUT2D eigenvalue weighted by Crippen LogP contribution is 2.46. The molecule has 1 aliphatic rings. The first kappa shape index (κ1) is 97.3. The molecule has 21 rings (SSSR count). The second-order valence-electron chi connectivity index (χ2n) is 33.8. The molecule has 145 heavy (non-hydrogen) atoms. The van der Waals surface area contributed by atoms with Gasteiger partial charge in [-0.2, -0.15) is 26.3 Å². The van der Waals surface area contributed by atoms with Gasteiger partial charge in [-0.3, -0.25) is 36.8 Å². The molecule has 1 aliphatic carbocycles. The number of carbonyl (C=O) groups is 4. The smallest absolute Gasteiger partial charge is 0.442 e. The van der Waals surface area contributed by atoms with Gasteiger partial charge < -0.3 is 30.4 Å². The number of imidazole rings is 4. The number of halogens is 15. The van der Waals surface area contributed by atoms with Crippen LogP contribution >= 0.6 is 0 Å². The van der Waals surface area contributed by atoms with Crippen molar-refractivity contribution in [3.05, 3.63) is 431 Å². The average Bonchev–Trinajstić information content (AvgIpc) is 1.53. The van der Waals surface area contributed by atoms with Crippen LogP contribution < -0.4 is 26.0 Å². The van der Waals surface area contributed by atoms with E-state index in [0.29, 0.717) is 96.0 Å². The number of amides is 4. The Kier molecular flexibility index (Phi) is 27.0. The van der Waals surface area contributed by atoms with Gasteiger partial charge in [0.2, 0.25) is 5.82 Å². The Morgan fingerprint density at radius 1 is 0.331 bits per heavy atom. The number of anilines is 4. The number of hydrogen-bond acceptors (Lipinski definition) is 11. The lowest BCUT2D eigenvalue weighted by molar-refractivity contribution is -0.274. The van der Waals surface area contributed by atoms with Crippen molar-refractivity contribution in [3.63, 3.8) is 0 Å². The SMILES string of the molecule is Cc1ccc(NC(=O)c2cc(-c3cccn4c(-c5cccc(F)c5F)ncc34)ccc2C(F)(F)F)cc1.Cc1ccc(NC(=O)c2cc(-c3cccn4c(-c5cccc(F)c5F)ncc34)ccc2C2CC2)cc1.Cc1ccc(NC(=O)c2cc(-c3cccn4c(-c5cccc(F)c5F)ncc34)ccc2OC(F)(F)F)cc1.Cc1ccc(NC(=O)c2cc(-c3cccn4c(-c5ncco5)ncc34)ccc2C(F)(F)F)cc1. The van der Waals surface area contributed by atoms with E-state index < -0.39 is 99.3 Å². The lowest BCUT2D eigenvalue weighted by atomic mass is 9.96. The van der Waals surface area contributed by atoms with Gasteiger partial charge in [-0.05, 0) is 226 Å². The van der Waals surface area contributed by atoms with Gasteiger partial charge in [-0.15, -0.1) is 13.2 Å². The molecular formula is C111H76F15N13O6. The van der Waals surface area contributed by atoms with Crippen LogP contribution in [0.5, 0.6) is 5.75 Å². The molecule has 0 saturated heterocycles. The fourth-order valence-corrected chi connectivity index (χ4v) is 16.6. The first-order chi connectivity index (χ1) is 69.5. The highest BCUT2D eigenvalue weighted by atomic mass is 19.4. The summed E-state index contributed by atoms with van der Waals surface area (Å²) >= 11 is 0. The number of nitrogens with one attached hydrogen (secondary N) is 4. The number of aromatic nitrogens is 9. The van der Waals surface area contributed by atoms with Gasteiger partial charge in [0.05, 0.1) is 97.6 Å². The van der Waals surface area contributed by atoms with Crippen molar-refractivity contribution in [2.45, 2.75) is 65.2 Å². The van der Waals surface area contributed by atoms with Crippen LogP contribution in [0, 0.1) is 62.6 Å². The fourth-order valence-electron chi connectivity index (χ4n) is 16.6. The van der Waals surface area contributed by atoms with Crippen LogP contribution in [0.25, 0.3) is 112 Å². The largest absolute Gasteiger partial charge is 0.573 e. The standard InChI is InChI=1S/C30H23F2N3O.C28H18F5N3O2.C28H18F5N3O.C25H17F3N4O2/c1-18-7-12-21(13-8-18)34-30(36)25-16-20(11-14-22(25)19-9-10-19)23-5-3-15-35-27(23)17-33-29(35)24-4-2-6-26(31)28(24)32;1-16-7-10-18(11-8-16)35-27(37)21-14-17(9-12-24(21)38-28(31,32)33)19-5-3-13-36-23(19)15-34-26(36)20-4-2-6-22(29)25(20)30;1-16-7-10-18(11-8-16)35-27(37)21-14-17(9-12-22(21)28(31,32)33)19-5-3-13-36-24(19)15-34-26(36)20-4-2-6-23(29)25(20)30;1-15-4-7-17(8-5-15)31-23(33)19-13-16(6-9-20(19)25(26,27)28)18-3-2-11-32-21(18)14-30-22(32)24-29-10-12-34-24/h2-8,11-17,19H,9-10H2,1H3,(H,34,36);2-15H,1H3,(H,35,37);2-15H,1H3,(H,35,37);2-14H,1H3,(H,31,33). The summed E-state index contributed by atoms with van der Waals surface area (Å²) in [5.41, 5.74) is 10.7. The Balaban J connectivity index is 0.000000127. The number of alkyl halides is 9. The van der Waals surface area contributed by atoms with Crippen molar-refractivity contribution >= 4 is 68.4 Å². The van der Waals surface area contributed by atoms with Gasteiger partial charge in [-0.25, -0.2) is 51.3 Å².